The lowest BCUT2D eigenvalue weighted by molar-refractivity contribution is 0.237. The second-order valence-electron chi connectivity index (χ2n) is 14.4. The summed E-state index contributed by atoms with van der Waals surface area (Å²) in [5, 5.41) is 3.49. The first-order valence-electron chi connectivity index (χ1n) is 19.3. The predicted octanol–water partition coefficient (Wildman–Crippen LogP) is 8.58. The molecule has 1 saturated heterocycles. The number of rotatable bonds is 14. The Balaban J connectivity index is 0.976. The van der Waals surface area contributed by atoms with Gasteiger partial charge in [-0.25, -0.2) is 0 Å². The number of nitrogens with zero attached hydrogens (tertiary/aromatic N) is 4. The third-order valence-electron chi connectivity index (χ3n) is 11.3. The fourth-order valence-corrected chi connectivity index (χ4v) is 8.55. The van der Waals surface area contributed by atoms with Crippen molar-refractivity contribution < 1.29 is 0 Å². The Labute approximate surface area is 295 Å². The molecule has 3 aliphatic heterocycles. The molecule has 7 rings (SSSR count). The Bertz CT molecular complexity index is 1580. The minimum atomic E-state index is 0.530. The Morgan fingerprint density at radius 3 is 1.80 bits per heavy atom. The van der Waals surface area contributed by atoms with E-state index in [1.165, 1.54) is 96.7 Å². The minimum absolute atomic E-state index is 0.530. The first-order chi connectivity index (χ1) is 24.3. The first kappa shape index (κ1) is 33.8. The summed E-state index contributed by atoms with van der Waals surface area (Å²) >= 11 is 0. The fraction of sp³-hybridized carbons (Fsp3) is 0.455. The predicted molar refractivity (Wildman–Crippen MR) is 208 cm³/mol. The van der Waals surface area contributed by atoms with Crippen LogP contribution in [0.3, 0.4) is 0 Å². The van der Waals surface area contributed by atoms with E-state index in [9.17, 15) is 0 Å². The number of anilines is 4. The lowest BCUT2D eigenvalue weighted by Crippen LogP contribution is -2.43. The van der Waals surface area contributed by atoms with Crippen molar-refractivity contribution in [3.63, 3.8) is 0 Å². The van der Waals surface area contributed by atoms with E-state index in [0.717, 1.165) is 65.1 Å². The molecular weight excluding hydrogens is 599 g/mol. The summed E-state index contributed by atoms with van der Waals surface area (Å²) in [7, 11) is 0. The topological polar surface area (TPSA) is 25.0 Å². The Kier molecular flexibility index (Phi) is 11.6. The zero-order chi connectivity index (χ0) is 33.3. The maximum atomic E-state index is 3.49. The van der Waals surface area contributed by atoms with E-state index in [1.807, 2.05) is 0 Å². The van der Waals surface area contributed by atoms with Crippen LogP contribution >= 0.6 is 0 Å². The van der Waals surface area contributed by atoms with Gasteiger partial charge in [0.05, 0.1) is 0 Å². The highest BCUT2D eigenvalue weighted by molar-refractivity contribution is 5.72. The van der Waals surface area contributed by atoms with Crippen molar-refractivity contribution in [1.82, 2.24) is 15.1 Å². The zero-order valence-electron chi connectivity index (χ0n) is 29.8. The Morgan fingerprint density at radius 1 is 0.592 bits per heavy atom. The largest absolute Gasteiger partial charge is 0.341 e. The van der Waals surface area contributed by atoms with Crippen LogP contribution in [0.25, 0.3) is 0 Å². The van der Waals surface area contributed by atoms with Gasteiger partial charge in [-0.05, 0) is 130 Å². The lowest BCUT2D eigenvalue weighted by Gasteiger charge is -2.29. The van der Waals surface area contributed by atoms with Crippen LogP contribution in [-0.2, 0) is 19.3 Å². The summed E-state index contributed by atoms with van der Waals surface area (Å²) in [4.78, 5) is 10.6. The van der Waals surface area contributed by atoms with E-state index >= 15 is 0 Å². The van der Waals surface area contributed by atoms with Gasteiger partial charge in [0.25, 0.3) is 0 Å². The smallest absolute Gasteiger partial charge is 0.0446 e. The molecule has 1 atom stereocenters. The van der Waals surface area contributed by atoms with E-state index in [1.54, 1.807) is 0 Å². The molecule has 0 amide bonds. The lowest BCUT2D eigenvalue weighted by atomic mass is 9.89. The Morgan fingerprint density at radius 2 is 1.12 bits per heavy atom. The van der Waals surface area contributed by atoms with Crippen LogP contribution in [-0.4, -0.2) is 75.2 Å². The summed E-state index contributed by atoms with van der Waals surface area (Å²) in [6.07, 6.45) is 9.46. The number of fused-ring (bicyclic) bond motifs is 4. The molecule has 5 nitrogen and oxygen atoms in total. The molecule has 49 heavy (non-hydrogen) atoms. The number of aryl methyl sites for hydroxylation is 2. The molecule has 0 aromatic heterocycles. The molecule has 1 N–H and O–H groups in total. The van der Waals surface area contributed by atoms with Gasteiger partial charge in [0.2, 0.25) is 0 Å². The third kappa shape index (κ3) is 8.23. The van der Waals surface area contributed by atoms with Gasteiger partial charge in [-0.1, -0.05) is 79.7 Å². The highest BCUT2D eigenvalue weighted by Gasteiger charge is 2.27. The summed E-state index contributed by atoms with van der Waals surface area (Å²) in [5.41, 5.74) is 11.7. The average Bonchev–Trinajstić information content (AvgIpc) is 3.40. The number of piperazine rings is 1. The van der Waals surface area contributed by atoms with Gasteiger partial charge in [0.15, 0.2) is 0 Å². The minimum Gasteiger partial charge on any atom is -0.341 e. The molecule has 0 bridgehead atoms. The second kappa shape index (κ2) is 16.8. The maximum Gasteiger partial charge on any atom is 0.0446 e. The third-order valence-corrected chi connectivity index (χ3v) is 11.3. The SMILES string of the molecule is CCN(CCCCN1c2ccccc2CCc2ccccc21)CCC1Cc2ccccc2N(CCCCN2CCNCC2)c2ccccc21. The van der Waals surface area contributed by atoms with E-state index in [2.05, 4.69) is 129 Å². The number of hydrogen-bond donors (Lipinski definition) is 1. The monoisotopic (exact) mass is 655 g/mol. The molecule has 0 radical (unpaired) electrons. The van der Waals surface area contributed by atoms with Crippen LogP contribution in [0, 0.1) is 0 Å². The normalized spacial score (nSPS) is 17.6. The quantitative estimate of drug-likeness (QED) is 0.137. The van der Waals surface area contributed by atoms with Crippen molar-refractivity contribution in [3.8, 4) is 0 Å². The number of para-hydroxylation sites is 4. The number of unbranched alkanes of at least 4 members (excludes halogenated alkanes) is 2. The molecule has 258 valence electrons. The summed E-state index contributed by atoms with van der Waals surface area (Å²) in [5.74, 6) is 0.530. The summed E-state index contributed by atoms with van der Waals surface area (Å²) < 4.78 is 0. The molecule has 3 heterocycles. The van der Waals surface area contributed by atoms with Crippen molar-refractivity contribution in [2.24, 2.45) is 0 Å². The molecule has 4 aromatic rings. The van der Waals surface area contributed by atoms with Gasteiger partial charge in [0.1, 0.15) is 0 Å². The molecule has 5 heteroatoms. The Hall–Kier alpha value is -3.64. The van der Waals surface area contributed by atoms with Gasteiger partial charge in [-0.2, -0.15) is 0 Å². The van der Waals surface area contributed by atoms with Crippen molar-refractivity contribution in [2.45, 2.75) is 64.2 Å². The summed E-state index contributed by atoms with van der Waals surface area (Å²) in [6.45, 7) is 13.8. The van der Waals surface area contributed by atoms with Crippen LogP contribution < -0.4 is 15.1 Å². The van der Waals surface area contributed by atoms with Crippen LogP contribution in [0.1, 0.15) is 67.2 Å². The molecule has 3 aliphatic rings. The van der Waals surface area contributed by atoms with E-state index in [4.69, 9.17) is 0 Å². The molecule has 1 unspecified atom stereocenters. The molecule has 0 spiro atoms. The standard InChI is InChI=1S/C44H57N5/c1-2-46(28-11-13-30-48-41-19-7-3-15-36(41)23-24-37-16-4-8-20-42(37)48)32-25-38-35-39-17-5-9-21-43(39)49(44-22-10-6-18-40(38)44)31-14-12-29-47-33-26-45-27-34-47/h3-10,15-22,38,45H,2,11-14,23-35H2,1H3. The van der Waals surface area contributed by atoms with Gasteiger partial charge in [0, 0.05) is 62.0 Å². The molecule has 1 fully saturated rings. The van der Waals surface area contributed by atoms with Crippen molar-refractivity contribution >= 4 is 22.7 Å². The molecule has 4 aromatic carbocycles. The average molecular weight is 656 g/mol. The van der Waals surface area contributed by atoms with E-state index in [-0.39, 0.29) is 0 Å². The van der Waals surface area contributed by atoms with E-state index < -0.39 is 0 Å². The maximum absolute atomic E-state index is 3.49. The van der Waals surface area contributed by atoms with Crippen molar-refractivity contribution in [1.29, 1.82) is 0 Å². The van der Waals surface area contributed by atoms with Crippen LogP contribution in [0.4, 0.5) is 22.7 Å². The van der Waals surface area contributed by atoms with Gasteiger partial charge < -0.3 is 24.9 Å². The molecule has 0 saturated carbocycles. The number of benzene rings is 4. The second-order valence-corrected chi connectivity index (χ2v) is 14.4. The van der Waals surface area contributed by atoms with Crippen molar-refractivity contribution in [2.75, 3.05) is 75.2 Å². The highest BCUT2D eigenvalue weighted by Crippen LogP contribution is 2.42. The first-order valence-corrected chi connectivity index (χ1v) is 19.3. The van der Waals surface area contributed by atoms with E-state index in [0.29, 0.717) is 5.92 Å². The van der Waals surface area contributed by atoms with Crippen LogP contribution in [0.2, 0.25) is 0 Å². The summed E-state index contributed by atoms with van der Waals surface area (Å²) in [6, 6.07) is 36.7. The van der Waals surface area contributed by atoms with Crippen LogP contribution in [0.5, 0.6) is 0 Å². The fourth-order valence-electron chi connectivity index (χ4n) is 8.55. The van der Waals surface area contributed by atoms with Gasteiger partial charge in [-0.3, -0.25) is 0 Å². The molecular formula is C44H57N5. The van der Waals surface area contributed by atoms with Gasteiger partial charge in [-0.15, -0.1) is 0 Å². The zero-order valence-corrected chi connectivity index (χ0v) is 29.8. The van der Waals surface area contributed by atoms with Crippen LogP contribution in [0.15, 0.2) is 97.1 Å². The number of nitrogens with one attached hydrogen (secondary N) is 1. The number of hydrogen-bond acceptors (Lipinski definition) is 5. The molecule has 0 aliphatic carbocycles. The van der Waals surface area contributed by atoms with Crippen molar-refractivity contribution in [3.05, 3.63) is 119 Å². The van der Waals surface area contributed by atoms with Gasteiger partial charge >= 0.3 is 0 Å². The highest BCUT2D eigenvalue weighted by atomic mass is 15.2.